The van der Waals surface area contributed by atoms with Crippen molar-refractivity contribution < 1.29 is 0 Å². The highest BCUT2D eigenvalue weighted by Crippen LogP contribution is 2.15. The van der Waals surface area contributed by atoms with Gasteiger partial charge in [-0.25, -0.2) is 0 Å². The fourth-order valence-electron chi connectivity index (χ4n) is 2.17. The third kappa shape index (κ3) is 4.25. The van der Waals surface area contributed by atoms with Crippen LogP contribution in [0.2, 0.25) is 0 Å². The molecule has 1 N–H and O–H groups in total. The Balaban J connectivity index is 1.98. The van der Waals surface area contributed by atoms with Gasteiger partial charge in [-0.05, 0) is 39.4 Å². The van der Waals surface area contributed by atoms with Crippen molar-refractivity contribution in [2.45, 2.75) is 32.9 Å². The van der Waals surface area contributed by atoms with E-state index in [4.69, 9.17) is 0 Å². The number of likely N-dealkylation sites (N-methyl/N-ethyl adjacent to an activating group) is 1. The second kappa shape index (κ2) is 6.29. The molecule has 0 saturated heterocycles. The first-order chi connectivity index (χ1) is 9.46. The zero-order valence-corrected chi connectivity index (χ0v) is 12.8. The molecule has 4 heteroatoms. The maximum absolute atomic E-state index is 4.45. The van der Waals surface area contributed by atoms with E-state index in [-0.39, 0.29) is 5.54 Å². The fraction of sp³-hybridized carbons (Fsp3) is 0.500. The molecule has 0 aliphatic heterocycles. The summed E-state index contributed by atoms with van der Waals surface area (Å²) in [7, 11) is 2.14. The highest BCUT2D eigenvalue weighted by Gasteiger charge is 2.09. The summed E-state index contributed by atoms with van der Waals surface area (Å²) in [5.41, 5.74) is 3.37. The van der Waals surface area contributed by atoms with Gasteiger partial charge in [0.2, 0.25) is 0 Å². The van der Waals surface area contributed by atoms with E-state index in [0.717, 1.165) is 30.7 Å². The lowest BCUT2D eigenvalue weighted by atomic mass is 10.1. The Kier molecular flexibility index (Phi) is 4.68. The summed E-state index contributed by atoms with van der Waals surface area (Å²) in [6.45, 7) is 9.44. The molecule has 108 valence electrons. The summed E-state index contributed by atoms with van der Waals surface area (Å²) in [6.07, 6.45) is 3.50. The number of hydrogen-bond donors (Lipinski definition) is 1. The van der Waals surface area contributed by atoms with E-state index < -0.39 is 0 Å². The molecule has 2 aromatic rings. The Morgan fingerprint density at radius 1 is 1.15 bits per heavy atom. The second-order valence-electron chi connectivity index (χ2n) is 6.26. The first-order valence-corrected chi connectivity index (χ1v) is 7.08. The Bertz CT molecular complexity index is 554. The van der Waals surface area contributed by atoms with E-state index in [1.807, 2.05) is 12.1 Å². The number of nitrogens with one attached hydrogen (secondary N) is 1. The lowest BCUT2D eigenvalue weighted by Gasteiger charge is -2.23. The Hall–Kier alpha value is -1.52. The van der Waals surface area contributed by atoms with Crippen LogP contribution in [0.1, 0.15) is 26.3 Å². The molecule has 0 fully saturated rings. The van der Waals surface area contributed by atoms with Crippen LogP contribution in [-0.4, -0.2) is 40.5 Å². The molecule has 4 nitrogen and oxygen atoms in total. The lowest BCUT2D eigenvalue weighted by Crippen LogP contribution is -2.40. The van der Waals surface area contributed by atoms with Gasteiger partial charge in [0.05, 0.1) is 11.0 Å². The highest BCUT2D eigenvalue weighted by molar-refractivity contribution is 5.77. The Morgan fingerprint density at radius 2 is 1.90 bits per heavy atom. The molecule has 0 spiro atoms. The molecule has 20 heavy (non-hydrogen) atoms. The Morgan fingerprint density at radius 3 is 2.65 bits per heavy atom. The van der Waals surface area contributed by atoms with Gasteiger partial charge in [0.25, 0.3) is 0 Å². The standard InChI is InChI=1S/C16H24N4/c1-16(2,3)19-10-11-20(4)12-13-6-5-7-14-15(13)18-9-8-17-14/h5-9,19H,10-12H2,1-4H3. The average Bonchev–Trinajstić information content (AvgIpc) is 2.37. The van der Waals surface area contributed by atoms with Gasteiger partial charge in [-0.15, -0.1) is 0 Å². The van der Waals surface area contributed by atoms with Gasteiger partial charge in [-0.2, -0.15) is 0 Å². The van der Waals surface area contributed by atoms with Crippen molar-refractivity contribution in [1.29, 1.82) is 0 Å². The van der Waals surface area contributed by atoms with Crippen LogP contribution in [0, 0.1) is 0 Å². The number of nitrogens with zero attached hydrogens (tertiary/aromatic N) is 3. The van der Waals surface area contributed by atoms with E-state index in [1.165, 1.54) is 5.56 Å². The van der Waals surface area contributed by atoms with Gasteiger partial charge in [0, 0.05) is 37.6 Å². The molecule has 0 radical (unpaired) electrons. The van der Waals surface area contributed by atoms with Crippen LogP contribution in [0.3, 0.4) is 0 Å². The normalized spacial score (nSPS) is 12.2. The zero-order valence-electron chi connectivity index (χ0n) is 12.8. The molecule has 0 aliphatic rings. The molecule has 2 rings (SSSR count). The SMILES string of the molecule is CN(CCNC(C)(C)C)Cc1cccc2nccnc12. The van der Waals surface area contributed by atoms with Gasteiger partial charge >= 0.3 is 0 Å². The van der Waals surface area contributed by atoms with Crippen molar-refractivity contribution in [3.63, 3.8) is 0 Å². The molecule has 0 amide bonds. The average molecular weight is 272 g/mol. The first-order valence-electron chi connectivity index (χ1n) is 7.08. The monoisotopic (exact) mass is 272 g/mol. The van der Waals surface area contributed by atoms with Gasteiger partial charge < -0.3 is 10.2 Å². The summed E-state index contributed by atoms with van der Waals surface area (Å²) < 4.78 is 0. The third-order valence-electron chi connectivity index (χ3n) is 3.17. The summed E-state index contributed by atoms with van der Waals surface area (Å²) in [5.74, 6) is 0. The van der Waals surface area contributed by atoms with Gasteiger partial charge in [0.15, 0.2) is 0 Å². The van der Waals surface area contributed by atoms with Crippen molar-refractivity contribution in [3.05, 3.63) is 36.2 Å². The van der Waals surface area contributed by atoms with E-state index >= 15 is 0 Å². The van der Waals surface area contributed by atoms with Crippen molar-refractivity contribution in [2.24, 2.45) is 0 Å². The molecular formula is C16H24N4. The molecule has 0 atom stereocenters. The number of hydrogen-bond acceptors (Lipinski definition) is 4. The van der Waals surface area contributed by atoms with Crippen LogP contribution in [0.4, 0.5) is 0 Å². The molecule has 0 bridgehead atoms. The molecule has 1 aromatic carbocycles. The summed E-state index contributed by atoms with van der Waals surface area (Å²) in [4.78, 5) is 11.1. The van der Waals surface area contributed by atoms with E-state index in [2.05, 4.69) is 54.1 Å². The largest absolute Gasteiger partial charge is 0.311 e. The van der Waals surface area contributed by atoms with E-state index in [9.17, 15) is 0 Å². The smallest absolute Gasteiger partial charge is 0.0931 e. The number of fused-ring (bicyclic) bond motifs is 1. The van der Waals surface area contributed by atoms with Crippen molar-refractivity contribution in [3.8, 4) is 0 Å². The molecule has 0 unspecified atom stereocenters. The maximum Gasteiger partial charge on any atom is 0.0931 e. The van der Waals surface area contributed by atoms with Crippen LogP contribution >= 0.6 is 0 Å². The minimum atomic E-state index is 0.172. The van der Waals surface area contributed by atoms with Crippen molar-refractivity contribution >= 4 is 11.0 Å². The predicted octanol–water partition coefficient (Wildman–Crippen LogP) is 2.45. The number of rotatable bonds is 5. The lowest BCUT2D eigenvalue weighted by molar-refractivity contribution is 0.304. The number of aromatic nitrogens is 2. The topological polar surface area (TPSA) is 41.0 Å². The third-order valence-corrected chi connectivity index (χ3v) is 3.17. The van der Waals surface area contributed by atoms with Gasteiger partial charge in [-0.3, -0.25) is 9.97 Å². The van der Waals surface area contributed by atoms with Crippen molar-refractivity contribution in [1.82, 2.24) is 20.2 Å². The molecule has 0 aliphatic carbocycles. The molecule has 1 aromatic heterocycles. The highest BCUT2D eigenvalue weighted by atomic mass is 15.1. The van der Waals surface area contributed by atoms with Crippen LogP contribution in [0.25, 0.3) is 11.0 Å². The minimum Gasteiger partial charge on any atom is -0.311 e. The van der Waals surface area contributed by atoms with E-state index in [0.29, 0.717) is 0 Å². The minimum absolute atomic E-state index is 0.172. The summed E-state index contributed by atoms with van der Waals surface area (Å²) in [6, 6.07) is 6.19. The summed E-state index contributed by atoms with van der Waals surface area (Å²) in [5, 5.41) is 3.51. The zero-order chi connectivity index (χ0) is 14.6. The van der Waals surface area contributed by atoms with Crippen LogP contribution < -0.4 is 5.32 Å². The van der Waals surface area contributed by atoms with Gasteiger partial charge in [-0.1, -0.05) is 12.1 Å². The number of para-hydroxylation sites is 1. The fourth-order valence-corrected chi connectivity index (χ4v) is 2.17. The van der Waals surface area contributed by atoms with E-state index in [1.54, 1.807) is 12.4 Å². The van der Waals surface area contributed by atoms with Crippen LogP contribution in [-0.2, 0) is 6.54 Å². The predicted molar refractivity (Wildman–Crippen MR) is 83.6 cm³/mol. The van der Waals surface area contributed by atoms with Crippen LogP contribution in [0.15, 0.2) is 30.6 Å². The van der Waals surface area contributed by atoms with Gasteiger partial charge in [0.1, 0.15) is 0 Å². The Labute approximate surface area is 121 Å². The molecule has 0 saturated carbocycles. The maximum atomic E-state index is 4.45. The molecular weight excluding hydrogens is 248 g/mol. The van der Waals surface area contributed by atoms with Crippen molar-refractivity contribution in [2.75, 3.05) is 20.1 Å². The second-order valence-corrected chi connectivity index (χ2v) is 6.26. The van der Waals surface area contributed by atoms with Crippen LogP contribution in [0.5, 0.6) is 0 Å². The molecule has 1 heterocycles. The first kappa shape index (κ1) is 14.9. The summed E-state index contributed by atoms with van der Waals surface area (Å²) >= 11 is 0. The quantitative estimate of drug-likeness (QED) is 0.907. The number of benzene rings is 1.